The monoisotopic (exact) mass is 488 g/mol. The number of rotatable bonds is 7. The molecule has 1 aliphatic heterocycles. The molecule has 0 radical (unpaired) electrons. The largest absolute Gasteiger partial charge is 0.483 e. The normalized spacial score (nSPS) is 17.9. The van der Waals surface area contributed by atoms with Crippen LogP contribution < -0.4 is 15.0 Å². The molecule has 2 atom stereocenters. The van der Waals surface area contributed by atoms with Gasteiger partial charge in [0.1, 0.15) is 0 Å². The van der Waals surface area contributed by atoms with Crippen LogP contribution in [0.15, 0.2) is 30.6 Å². The van der Waals surface area contributed by atoms with Crippen LogP contribution in [0.2, 0.25) is 0 Å². The SMILES string of the molecule is Cc1cc(N2CCC(C(C)Nc3nc4c(OCC(F)(F)C(F)(F)F)cccn4n3)C2)c(F)cn1. The second-order valence-electron chi connectivity index (χ2n) is 8.27. The van der Waals surface area contributed by atoms with Crippen LogP contribution in [0.3, 0.4) is 0 Å². The molecule has 13 heteroatoms. The summed E-state index contributed by atoms with van der Waals surface area (Å²) >= 11 is 0. The van der Waals surface area contributed by atoms with Crippen molar-refractivity contribution >= 4 is 17.3 Å². The molecule has 0 bridgehead atoms. The first-order valence-corrected chi connectivity index (χ1v) is 10.5. The highest BCUT2D eigenvalue weighted by molar-refractivity contribution is 5.56. The number of fused-ring (bicyclic) bond motifs is 1. The minimum absolute atomic E-state index is 0.00226. The van der Waals surface area contributed by atoms with Gasteiger partial charge in [-0.1, -0.05) is 0 Å². The predicted octanol–water partition coefficient (Wildman–Crippen LogP) is 4.48. The van der Waals surface area contributed by atoms with Gasteiger partial charge in [0, 0.05) is 31.0 Å². The molecular formula is C21H22F6N6O. The standard InChI is InChI=1S/C21H22F6N6O/c1-12-8-16(15(22)9-28-12)32-7-5-14(10-32)13(2)29-19-30-18-17(4-3-6-33(18)31-19)34-11-20(23,24)21(25,26)27/h3-4,6,8-9,13-14H,5,7,10-11H2,1-2H3,(H,29,31). The van der Waals surface area contributed by atoms with Gasteiger partial charge in [-0.05, 0) is 44.4 Å². The van der Waals surface area contributed by atoms with E-state index in [1.54, 1.807) is 13.0 Å². The first-order chi connectivity index (χ1) is 15.9. The first-order valence-electron chi connectivity index (χ1n) is 10.5. The molecule has 1 fully saturated rings. The molecule has 4 rings (SSSR count). The Morgan fingerprint density at radius 3 is 2.76 bits per heavy atom. The number of pyridine rings is 2. The highest BCUT2D eigenvalue weighted by atomic mass is 19.4. The Hall–Kier alpha value is -3.25. The number of aryl methyl sites for hydroxylation is 1. The summed E-state index contributed by atoms with van der Waals surface area (Å²) in [5.74, 6) is -5.36. The lowest BCUT2D eigenvalue weighted by Gasteiger charge is -2.22. The van der Waals surface area contributed by atoms with Crippen LogP contribution in [0.25, 0.3) is 5.65 Å². The third kappa shape index (κ3) is 4.82. The van der Waals surface area contributed by atoms with E-state index in [2.05, 4.69) is 20.4 Å². The van der Waals surface area contributed by atoms with Gasteiger partial charge in [-0.3, -0.25) is 4.98 Å². The maximum atomic E-state index is 14.2. The van der Waals surface area contributed by atoms with Crippen LogP contribution in [-0.2, 0) is 0 Å². The highest BCUT2D eigenvalue weighted by Crippen LogP contribution is 2.36. The number of anilines is 2. The van der Waals surface area contributed by atoms with Crippen LogP contribution >= 0.6 is 0 Å². The second-order valence-corrected chi connectivity index (χ2v) is 8.27. The Kier molecular flexibility index (Phi) is 6.21. The van der Waals surface area contributed by atoms with Gasteiger partial charge in [-0.2, -0.15) is 26.9 Å². The molecule has 2 unspecified atom stereocenters. The molecule has 0 saturated carbocycles. The molecule has 4 heterocycles. The van der Waals surface area contributed by atoms with E-state index in [1.165, 1.54) is 29.0 Å². The minimum atomic E-state index is -5.72. The topological polar surface area (TPSA) is 67.6 Å². The Morgan fingerprint density at radius 1 is 1.26 bits per heavy atom. The van der Waals surface area contributed by atoms with Gasteiger partial charge >= 0.3 is 12.1 Å². The van der Waals surface area contributed by atoms with Crippen molar-refractivity contribution in [3.05, 3.63) is 42.1 Å². The molecule has 7 nitrogen and oxygen atoms in total. The van der Waals surface area contributed by atoms with Gasteiger partial charge in [-0.25, -0.2) is 8.91 Å². The molecule has 0 aromatic carbocycles. The zero-order chi connectivity index (χ0) is 24.7. The summed E-state index contributed by atoms with van der Waals surface area (Å²) in [7, 11) is 0. The van der Waals surface area contributed by atoms with E-state index in [4.69, 9.17) is 4.74 Å². The van der Waals surface area contributed by atoms with Crippen LogP contribution in [-0.4, -0.2) is 57.4 Å². The maximum absolute atomic E-state index is 14.2. The molecule has 34 heavy (non-hydrogen) atoms. The highest BCUT2D eigenvalue weighted by Gasteiger charge is 2.58. The molecule has 0 spiro atoms. The van der Waals surface area contributed by atoms with Crippen LogP contribution in [0.1, 0.15) is 19.0 Å². The summed E-state index contributed by atoms with van der Waals surface area (Å²) in [5, 5.41) is 7.34. The smallest absolute Gasteiger partial charge is 0.456 e. The Balaban J connectivity index is 1.44. The van der Waals surface area contributed by atoms with Crippen LogP contribution in [0, 0.1) is 18.7 Å². The number of ether oxygens (including phenoxy) is 1. The Morgan fingerprint density at radius 2 is 2.03 bits per heavy atom. The van der Waals surface area contributed by atoms with Crippen LogP contribution in [0.5, 0.6) is 5.75 Å². The Labute approximate surface area is 190 Å². The lowest BCUT2D eigenvalue weighted by atomic mass is 10.0. The molecule has 3 aromatic heterocycles. The molecule has 1 aliphatic rings. The van der Waals surface area contributed by atoms with E-state index in [0.717, 1.165) is 6.42 Å². The maximum Gasteiger partial charge on any atom is 0.456 e. The van der Waals surface area contributed by atoms with Crippen molar-refractivity contribution in [1.82, 2.24) is 19.6 Å². The van der Waals surface area contributed by atoms with Crippen molar-refractivity contribution in [2.45, 2.75) is 38.4 Å². The average Bonchev–Trinajstić information content (AvgIpc) is 3.40. The Bertz CT molecular complexity index is 1170. The van der Waals surface area contributed by atoms with Gasteiger partial charge in [0.05, 0.1) is 11.9 Å². The fraction of sp³-hybridized carbons (Fsp3) is 0.476. The molecular weight excluding hydrogens is 466 g/mol. The van der Waals surface area contributed by atoms with Gasteiger partial charge < -0.3 is 15.0 Å². The summed E-state index contributed by atoms with van der Waals surface area (Å²) < 4.78 is 83.9. The predicted molar refractivity (Wildman–Crippen MR) is 112 cm³/mol. The number of alkyl halides is 5. The van der Waals surface area contributed by atoms with Gasteiger partial charge in [0.2, 0.25) is 5.95 Å². The molecule has 3 aromatic rings. The van der Waals surface area contributed by atoms with Crippen LogP contribution in [0.4, 0.5) is 38.0 Å². The van der Waals surface area contributed by atoms with Gasteiger partial charge in [0.15, 0.2) is 23.8 Å². The number of aromatic nitrogens is 4. The summed E-state index contributed by atoms with van der Waals surface area (Å²) in [6, 6.07) is 4.20. The number of nitrogens with zero attached hydrogens (tertiary/aromatic N) is 5. The third-order valence-electron chi connectivity index (χ3n) is 5.75. The van der Waals surface area contributed by atoms with Crippen molar-refractivity contribution in [1.29, 1.82) is 0 Å². The summed E-state index contributed by atoms with van der Waals surface area (Å²) in [4.78, 5) is 10.1. The molecule has 0 amide bonds. The van der Waals surface area contributed by atoms with Crippen molar-refractivity contribution in [2.75, 3.05) is 29.9 Å². The number of hydrogen-bond acceptors (Lipinski definition) is 6. The van der Waals surface area contributed by atoms with E-state index in [9.17, 15) is 26.3 Å². The number of nitrogens with one attached hydrogen (secondary N) is 1. The first kappa shape index (κ1) is 23.9. The quantitative estimate of drug-likeness (QED) is 0.495. The lowest BCUT2D eigenvalue weighted by molar-refractivity contribution is -0.289. The summed E-state index contributed by atoms with van der Waals surface area (Å²) in [5.41, 5.74) is 1.20. The van der Waals surface area contributed by atoms with Gasteiger partial charge in [0.25, 0.3) is 0 Å². The molecule has 1 N–H and O–H groups in total. The molecule has 1 saturated heterocycles. The average molecular weight is 488 g/mol. The zero-order valence-electron chi connectivity index (χ0n) is 18.3. The van der Waals surface area contributed by atoms with Crippen molar-refractivity contribution in [2.24, 2.45) is 5.92 Å². The molecule has 184 valence electrons. The number of halogens is 6. The fourth-order valence-corrected chi connectivity index (χ4v) is 3.81. The van der Waals surface area contributed by atoms with Crippen molar-refractivity contribution in [3.63, 3.8) is 0 Å². The minimum Gasteiger partial charge on any atom is -0.483 e. The lowest BCUT2D eigenvalue weighted by Crippen LogP contribution is -2.41. The van der Waals surface area contributed by atoms with Crippen molar-refractivity contribution in [3.8, 4) is 5.75 Å². The van der Waals surface area contributed by atoms with E-state index >= 15 is 0 Å². The van der Waals surface area contributed by atoms with Gasteiger partial charge in [-0.15, -0.1) is 5.10 Å². The van der Waals surface area contributed by atoms with Crippen molar-refractivity contribution < 1.29 is 31.1 Å². The number of hydrogen-bond donors (Lipinski definition) is 1. The third-order valence-corrected chi connectivity index (χ3v) is 5.75. The summed E-state index contributed by atoms with van der Waals surface area (Å²) in [6.07, 6.45) is -2.27. The zero-order valence-corrected chi connectivity index (χ0v) is 18.3. The van der Waals surface area contributed by atoms with E-state index in [0.29, 0.717) is 24.5 Å². The summed E-state index contributed by atoms with van der Waals surface area (Å²) in [6.45, 7) is 3.07. The fourth-order valence-electron chi connectivity index (χ4n) is 3.81. The molecule has 0 aliphatic carbocycles. The van der Waals surface area contributed by atoms with E-state index < -0.39 is 24.5 Å². The second kappa shape index (κ2) is 8.84. The van der Waals surface area contributed by atoms with E-state index in [1.807, 2.05) is 11.8 Å². The van der Waals surface area contributed by atoms with E-state index in [-0.39, 0.29) is 29.3 Å².